The van der Waals surface area contributed by atoms with E-state index in [1.54, 1.807) is 0 Å². The summed E-state index contributed by atoms with van der Waals surface area (Å²) >= 11 is 0. The van der Waals surface area contributed by atoms with Crippen LogP contribution in [0.2, 0.25) is 0 Å². The summed E-state index contributed by atoms with van der Waals surface area (Å²) in [6.45, 7) is 3.28. The van der Waals surface area contributed by atoms with E-state index in [-0.39, 0.29) is 12.0 Å². The van der Waals surface area contributed by atoms with E-state index in [4.69, 9.17) is 4.74 Å². The van der Waals surface area contributed by atoms with Crippen LogP contribution in [0.4, 0.5) is 0 Å². The van der Waals surface area contributed by atoms with Crippen molar-refractivity contribution < 1.29 is 9.84 Å². The molecule has 0 unspecified atom stereocenters. The molecule has 1 heterocycles. The van der Waals surface area contributed by atoms with Crippen LogP contribution in [0.25, 0.3) is 11.1 Å². The molecule has 22 heavy (non-hydrogen) atoms. The van der Waals surface area contributed by atoms with E-state index in [0.717, 1.165) is 13.1 Å². The Balaban J connectivity index is 1.61. The maximum Gasteiger partial charge on any atom is 0.0579 e. The number of aliphatic hydroxyl groups is 1. The SMILES string of the molecule is CN(Cc1ccc(-c2ccccc2)cc1)CC1(CO)COC1. The molecule has 0 radical (unpaired) electrons. The van der Waals surface area contributed by atoms with Crippen LogP contribution in [0.5, 0.6) is 0 Å². The van der Waals surface area contributed by atoms with Crippen LogP contribution < -0.4 is 0 Å². The fourth-order valence-electron chi connectivity index (χ4n) is 3.00. The van der Waals surface area contributed by atoms with Gasteiger partial charge in [0.1, 0.15) is 0 Å². The number of aliphatic hydroxyl groups excluding tert-OH is 1. The molecule has 0 amide bonds. The highest BCUT2D eigenvalue weighted by molar-refractivity contribution is 5.63. The van der Waals surface area contributed by atoms with Crippen LogP contribution >= 0.6 is 0 Å². The van der Waals surface area contributed by atoms with E-state index in [0.29, 0.717) is 13.2 Å². The summed E-state index contributed by atoms with van der Waals surface area (Å²) in [5, 5.41) is 9.51. The molecule has 1 saturated heterocycles. The molecule has 3 heteroatoms. The summed E-state index contributed by atoms with van der Waals surface area (Å²) in [6, 6.07) is 19.1. The smallest absolute Gasteiger partial charge is 0.0579 e. The summed E-state index contributed by atoms with van der Waals surface area (Å²) in [7, 11) is 2.10. The van der Waals surface area contributed by atoms with E-state index in [1.165, 1.54) is 16.7 Å². The van der Waals surface area contributed by atoms with Crippen molar-refractivity contribution in [3.8, 4) is 11.1 Å². The third-order valence-electron chi connectivity index (χ3n) is 4.27. The molecular weight excluding hydrogens is 274 g/mol. The maximum absolute atomic E-state index is 9.51. The van der Waals surface area contributed by atoms with Gasteiger partial charge in [0.15, 0.2) is 0 Å². The third kappa shape index (κ3) is 3.38. The third-order valence-corrected chi connectivity index (χ3v) is 4.27. The molecule has 0 atom stereocenters. The van der Waals surface area contributed by atoms with Gasteiger partial charge in [0, 0.05) is 13.1 Å². The monoisotopic (exact) mass is 297 g/mol. The van der Waals surface area contributed by atoms with Crippen LogP contribution in [0.1, 0.15) is 5.56 Å². The largest absolute Gasteiger partial charge is 0.396 e. The second kappa shape index (κ2) is 6.61. The molecule has 1 fully saturated rings. The molecule has 0 aromatic heterocycles. The molecule has 0 spiro atoms. The molecule has 3 nitrogen and oxygen atoms in total. The number of benzene rings is 2. The van der Waals surface area contributed by atoms with Crippen LogP contribution in [-0.2, 0) is 11.3 Å². The first-order chi connectivity index (χ1) is 10.7. The summed E-state index contributed by atoms with van der Waals surface area (Å²) < 4.78 is 5.26. The minimum Gasteiger partial charge on any atom is -0.396 e. The van der Waals surface area contributed by atoms with Gasteiger partial charge in [-0.3, -0.25) is 0 Å². The van der Waals surface area contributed by atoms with Crippen molar-refractivity contribution >= 4 is 0 Å². The Kier molecular flexibility index (Phi) is 4.57. The van der Waals surface area contributed by atoms with Gasteiger partial charge in [-0.25, -0.2) is 0 Å². The Labute approximate surface area is 132 Å². The van der Waals surface area contributed by atoms with Gasteiger partial charge in [-0.2, -0.15) is 0 Å². The zero-order chi connectivity index (χ0) is 15.4. The van der Waals surface area contributed by atoms with Crippen LogP contribution in [0.3, 0.4) is 0 Å². The van der Waals surface area contributed by atoms with E-state index in [9.17, 15) is 5.11 Å². The summed E-state index contributed by atoms with van der Waals surface area (Å²) in [4.78, 5) is 2.26. The first-order valence-electron chi connectivity index (χ1n) is 7.72. The zero-order valence-corrected chi connectivity index (χ0v) is 13.0. The van der Waals surface area contributed by atoms with E-state index in [2.05, 4.69) is 60.5 Å². The van der Waals surface area contributed by atoms with Gasteiger partial charge >= 0.3 is 0 Å². The lowest BCUT2D eigenvalue weighted by Crippen LogP contribution is -2.52. The summed E-state index contributed by atoms with van der Waals surface area (Å²) in [5.41, 5.74) is 3.72. The van der Waals surface area contributed by atoms with Gasteiger partial charge in [0.2, 0.25) is 0 Å². The van der Waals surface area contributed by atoms with Crippen LogP contribution in [0, 0.1) is 5.41 Å². The Bertz CT molecular complexity index is 585. The topological polar surface area (TPSA) is 32.7 Å². The molecule has 0 aliphatic carbocycles. The zero-order valence-electron chi connectivity index (χ0n) is 13.0. The van der Waals surface area contributed by atoms with E-state index in [1.807, 2.05) is 6.07 Å². The van der Waals surface area contributed by atoms with Gasteiger partial charge in [-0.05, 0) is 23.7 Å². The Hall–Kier alpha value is -1.68. The molecular formula is C19H23NO2. The molecule has 1 aliphatic rings. The van der Waals surface area contributed by atoms with Gasteiger partial charge in [-0.15, -0.1) is 0 Å². The minimum absolute atomic E-state index is 0.0568. The summed E-state index contributed by atoms with van der Waals surface area (Å²) in [6.07, 6.45) is 0. The predicted molar refractivity (Wildman–Crippen MR) is 88.5 cm³/mol. The first kappa shape index (κ1) is 15.2. The van der Waals surface area contributed by atoms with Gasteiger partial charge in [0.05, 0.1) is 25.2 Å². The lowest BCUT2D eigenvalue weighted by Gasteiger charge is -2.42. The Morgan fingerprint density at radius 3 is 2.18 bits per heavy atom. The van der Waals surface area contributed by atoms with Gasteiger partial charge < -0.3 is 14.7 Å². The highest BCUT2D eigenvalue weighted by Crippen LogP contribution is 2.28. The average Bonchev–Trinajstić information content (AvgIpc) is 2.52. The van der Waals surface area contributed by atoms with Crippen molar-refractivity contribution in [3.05, 3.63) is 60.2 Å². The average molecular weight is 297 g/mol. The van der Waals surface area contributed by atoms with Gasteiger partial charge in [-0.1, -0.05) is 54.6 Å². The lowest BCUT2D eigenvalue weighted by molar-refractivity contribution is -0.147. The van der Waals surface area contributed by atoms with Crippen molar-refractivity contribution in [2.75, 3.05) is 33.4 Å². The molecule has 1 N–H and O–H groups in total. The molecule has 116 valence electrons. The molecule has 0 saturated carbocycles. The van der Waals surface area contributed by atoms with Crippen molar-refractivity contribution in [2.45, 2.75) is 6.54 Å². The quantitative estimate of drug-likeness (QED) is 0.890. The van der Waals surface area contributed by atoms with Crippen LogP contribution in [0.15, 0.2) is 54.6 Å². The first-order valence-corrected chi connectivity index (χ1v) is 7.72. The highest BCUT2D eigenvalue weighted by Gasteiger charge is 2.38. The molecule has 2 aromatic carbocycles. The number of nitrogens with zero attached hydrogens (tertiary/aromatic N) is 1. The highest BCUT2D eigenvalue weighted by atomic mass is 16.5. The number of hydrogen-bond acceptors (Lipinski definition) is 3. The van der Waals surface area contributed by atoms with Crippen molar-refractivity contribution in [1.29, 1.82) is 0 Å². The normalized spacial score (nSPS) is 16.5. The number of hydrogen-bond donors (Lipinski definition) is 1. The fourth-order valence-corrected chi connectivity index (χ4v) is 3.00. The standard InChI is InChI=1S/C19H23NO2/c1-20(12-19(13-21)14-22-15-19)11-16-7-9-18(10-8-16)17-5-3-2-4-6-17/h2-10,21H,11-15H2,1H3. The molecule has 1 aliphatic heterocycles. The van der Waals surface area contributed by atoms with Crippen molar-refractivity contribution in [3.63, 3.8) is 0 Å². The van der Waals surface area contributed by atoms with E-state index < -0.39 is 0 Å². The fraction of sp³-hybridized carbons (Fsp3) is 0.368. The number of ether oxygens (including phenoxy) is 1. The summed E-state index contributed by atoms with van der Waals surface area (Å²) in [5.74, 6) is 0. The molecule has 3 rings (SSSR count). The van der Waals surface area contributed by atoms with Crippen molar-refractivity contribution in [2.24, 2.45) is 5.41 Å². The van der Waals surface area contributed by atoms with E-state index >= 15 is 0 Å². The Morgan fingerprint density at radius 1 is 1.00 bits per heavy atom. The Morgan fingerprint density at radius 2 is 1.64 bits per heavy atom. The molecule has 2 aromatic rings. The minimum atomic E-state index is -0.0568. The lowest BCUT2D eigenvalue weighted by atomic mass is 9.86. The number of rotatable bonds is 6. The second-order valence-corrected chi connectivity index (χ2v) is 6.39. The van der Waals surface area contributed by atoms with Crippen LogP contribution in [-0.4, -0.2) is 43.4 Å². The molecule has 0 bridgehead atoms. The van der Waals surface area contributed by atoms with Crippen molar-refractivity contribution in [1.82, 2.24) is 4.90 Å². The van der Waals surface area contributed by atoms with Gasteiger partial charge in [0.25, 0.3) is 0 Å². The predicted octanol–water partition coefficient (Wildman–Crippen LogP) is 2.79. The second-order valence-electron chi connectivity index (χ2n) is 6.39. The maximum atomic E-state index is 9.51.